The average molecular weight is 248 g/mol. The molecule has 0 atom stereocenters. The maximum absolute atomic E-state index is 10.6. The summed E-state index contributed by atoms with van der Waals surface area (Å²) in [5, 5.41) is 27.8. The van der Waals surface area contributed by atoms with Gasteiger partial charge in [0.15, 0.2) is 0 Å². The van der Waals surface area contributed by atoms with E-state index in [-0.39, 0.29) is 13.0 Å². The van der Waals surface area contributed by atoms with Gasteiger partial charge in [-0.05, 0) is 0 Å². The van der Waals surface area contributed by atoms with Crippen molar-refractivity contribution in [1.82, 2.24) is 4.90 Å². The van der Waals surface area contributed by atoms with Gasteiger partial charge in [-0.2, -0.15) is 0 Å². The van der Waals surface area contributed by atoms with Crippen molar-refractivity contribution in [2.24, 2.45) is 0 Å². The molecule has 0 bridgehead atoms. The van der Waals surface area contributed by atoms with Crippen LogP contribution in [0.1, 0.15) is 20.3 Å². The molecule has 8 nitrogen and oxygen atoms in total. The van der Waals surface area contributed by atoms with Crippen LogP contribution in [-0.4, -0.2) is 57.1 Å². The predicted molar refractivity (Wildman–Crippen MR) is 57.4 cm³/mol. The largest absolute Gasteiger partial charge is 0.480 e. The van der Waals surface area contributed by atoms with Gasteiger partial charge in [0.05, 0.1) is 13.1 Å². The van der Waals surface area contributed by atoms with Crippen molar-refractivity contribution >= 4 is 11.9 Å². The van der Waals surface area contributed by atoms with Crippen LogP contribution in [0.5, 0.6) is 0 Å². The molecule has 0 fully saturated rings. The Morgan fingerprint density at radius 1 is 1.24 bits per heavy atom. The number of hydrogen-bond donors (Lipinski definition) is 2. The van der Waals surface area contributed by atoms with E-state index in [4.69, 9.17) is 10.2 Å². The SMILES string of the molecule is CC(C)(CCN(CC(=O)O)CC(=O)O)[N+](=O)[O-]. The number of carboxylic acids is 2. The molecule has 0 radical (unpaired) electrons. The fourth-order valence-corrected chi connectivity index (χ4v) is 1.12. The lowest BCUT2D eigenvalue weighted by Crippen LogP contribution is -2.40. The molecule has 2 N–H and O–H groups in total. The fourth-order valence-electron chi connectivity index (χ4n) is 1.12. The van der Waals surface area contributed by atoms with Gasteiger partial charge in [-0.3, -0.25) is 24.6 Å². The first kappa shape index (κ1) is 15.3. The van der Waals surface area contributed by atoms with Crippen LogP contribution in [0.25, 0.3) is 0 Å². The van der Waals surface area contributed by atoms with Crippen LogP contribution in [0.15, 0.2) is 0 Å². The van der Waals surface area contributed by atoms with Crippen LogP contribution in [0, 0.1) is 10.1 Å². The van der Waals surface area contributed by atoms with Crippen LogP contribution in [0.4, 0.5) is 0 Å². The average Bonchev–Trinajstić information content (AvgIpc) is 2.12. The third kappa shape index (κ3) is 6.46. The summed E-state index contributed by atoms with van der Waals surface area (Å²) in [6.45, 7) is 1.98. The second-order valence-corrected chi connectivity index (χ2v) is 4.32. The van der Waals surface area contributed by atoms with Gasteiger partial charge in [0, 0.05) is 31.7 Å². The highest BCUT2D eigenvalue weighted by Crippen LogP contribution is 2.13. The van der Waals surface area contributed by atoms with Gasteiger partial charge in [0.25, 0.3) is 0 Å². The number of nitrogens with zero attached hydrogens (tertiary/aromatic N) is 2. The van der Waals surface area contributed by atoms with Crippen molar-refractivity contribution in [2.45, 2.75) is 25.8 Å². The molecule has 8 heteroatoms. The van der Waals surface area contributed by atoms with Crippen molar-refractivity contribution < 1.29 is 24.7 Å². The highest BCUT2D eigenvalue weighted by molar-refractivity contribution is 5.72. The Bertz CT molecular complexity index is 299. The molecule has 0 saturated carbocycles. The van der Waals surface area contributed by atoms with Crippen LogP contribution < -0.4 is 0 Å². The Morgan fingerprint density at radius 3 is 1.94 bits per heavy atom. The molecule has 0 heterocycles. The lowest BCUT2D eigenvalue weighted by atomic mass is 10.0. The molecule has 0 rings (SSSR count). The zero-order chi connectivity index (χ0) is 13.6. The minimum absolute atomic E-state index is 0.0482. The standard InChI is InChI=1S/C9H16N2O6/c1-9(2,11(16)17)3-4-10(5-7(12)13)6-8(14)15/h3-6H2,1-2H3,(H,12,13)(H,14,15). The number of hydrogen-bond acceptors (Lipinski definition) is 5. The van der Waals surface area contributed by atoms with Gasteiger partial charge >= 0.3 is 11.9 Å². The monoisotopic (exact) mass is 248 g/mol. The quantitative estimate of drug-likeness (QED) is 0.454. The molecule has 98 valence electrons. The summed E-state index contributed by atoms with van der Waals surface area (Å²) in [7, 11) is 0. The molecule has 0 aliphatic carbocycles. The fraction of sp³-hybridized carbons (Fsp3) is 0.778. The molecule has 0 aliphatic rings. The third-order valence-corrected chi connectivity index (χ3v) is 2.25. The maximum Gasteiger partial charge on any atom is 0.317 e. The van der Waals surface area contributed by atoms with Crippen LogP contribution >= 0.6 is 0 Å². The number of aliphatic carboxylic acids is 2. The van der Waals surface area contributed by atoms with Gasteiger partial charge in [-0.25, -0.2) is 0 Å². The van der Waals surface area contributed by atoms with E-state index >= 15 is 0 Å². The van der Waals surface area contributed by atoms with Crippen LogP contribution in [-0.2, 0) is 9.59 Å². The molecular formula is C9H16N2O6. The highest BCUT2D eigenvalue weighted by atomic mass is 16.6. The Hall–Kier alpha value is -1.70. The molecule has 0 saturated heterocycles. The van der Waals surface area contributed by atoms with Crippen molar-refractivity contribution in [3.63, 3.8) is 0 Å². The van der Waals surface area contributed by atoms with Crippen molar-refractivity contribution in [3.05, 3.63) is 10.1 Å². The summed E-state index contributed by atoms with van der Waals surface area (Å²) >= 11 is 0. The van der Waals surface area contributed by atoms with Gasteiger partial charge in [-0.15, -0.1) is 0 Å². The second-order valence-electron chi connectivity index (χ2n) is 4.32. The normalized spacial score (nSPS) is 11.5. The highest BCUT2D eigenvalue weighted by Gasteiger charge is 2.31. The smallest absolute Gasteiger partial charge is 0.317 e. The van der Waals surface area contributed by atoms with E-state index < -0.39 is 35.5 Å². The zero-order valence-corrected chi connectivity index (χ0v) is 9.75. The van der Waals surface area contributed by atoms with Gasteiger partial charge in [0.2, 0.25) is 5.54 Å². The minimum Gasteiger partial charge on any atom is -0.480 e. The van der Waals surface area contributed by atoms with Crippen molar-refractivity contribution in [1.29, 1.82) is 0 Å². The first-order chi connectivity index (χ1) is 7.65. The van der Waals surface area contributed by atoms with Crippen molar-refractivity contribution in [3.8, 4) is 0 Å². The Morgan fingerprint density at radius 2 is 1.65 bits per heavy atom. The summed E-state index contributed by atoms with van der Waals surface area (Å²) in [4.78, 5) is 32.3. The van der Waals surface area contributed by atoms with Crippen molar-refractivity contribution in [2.75, 3.05) is 19.6 Å². The molecule has 0 aliphatic heterocycles. The summed E-state index contributed by atoms with van der Waals surface area (Å²) in [5.74, 6) is -2.32. The van der Waals surface area contributed by atoms with E-state index in [0.717, 1.165) is 4.90 Å². The van der Waals surface area contributed by atoms with E-state index in [0.29, 0.717) is 0 Å². The number of carbonyl (C=O) groups is 2. The first-order valence-electron chi connectivity index (χ1n) is 4.95. The van der Waals surface area contributed by atoms with E-state index in [2.05, 4.69) is 0 Å². The van der Waals surface area contributed by atoms with Crippen LogP contribution in [0.3, 0.4) is 0 Å². The van der Waals surface area contributed by atoms with E-state index in [1.807, 2.05) is 0 Å². The predicted octanol–water partition coefficient (Wildman–Crippen LogP) is -0.0970. The molecule has 0 aromatic heterocycles. The number of nitro groups is 1. The lowest BCUT2D eigenvalue weighted by molar-refractivity contribution is -0.561. The Labute approximate surface area is 98.0 Å². The minimum atomic E-state index is -1.20. The Balaban J connectivity index is 4.39. The van der Waals surface area contributed by atoms with Gasteiger partial charge in [0.1, 0.15) is 0 Å². The summed E-state index contributed by atoms with van der Waals surface area (Å²) in [5.41, 5.74) is -1.20. The van der Waals surface area contributed by atoms with Crippen LogP contribution in [0.2, 0.25) is 0 Å². The van der Waals surface area contributed by atoms with Gasteiger partial charge in [-0.1, -0.05) is 0 Å². The molecule has 0 unspecified atom stereocenters. The molecule has 0 spiro atoms. The molecule has 0 aromatic carbocycles. The molecule has 0 aromatic rings. The third-order valence-electron chi connectivity index (χ3n) is 2.25. The summed E-state index contributed by atoms with van der Waals surface area (Å²) in [6.07, 6.45) is 0.0839. The summed E-state index contributed by atoms with van der Waals surface area (Å²) in [6, 6.07) is 0. The van der Waals surface area contributed by atoms with E-state index in [1.54, 1.807) is 0 Å². The van der Waals surface area contributed by atoms with E-state index in [9.17, 15) is 19.7 Å². The van der Waals surface area contributed by atoms with E-state index in [1.165, 1.54) is 13.8 Å². The first-order valence-corrected chi connectivity index (χ1v) is 4.95. The number of carboxylic acid groups (broad SMARTS) is 2. The zero-order valence-electron chi connectivity index (χ0n) is 9.75. The maximum atomic E-state index is 10.6. The Kier molecular flexibility index (Phi) is 5.52. The van der Waals surface area contributed by atoms with Gasteiger partial charge < -0.3 is 10.2 Å². The lowest BCUT2D eigenvalue weighted by Gasteiger charge is -2.21. The molecule has 0 amide bonds. The molecule has 17 heavy (non-hydrogen) atoms. The second kappa shape index (κ2) is 6.14. The molecular weight excluding hydrogens is 232 g/mol. The summed E-state index contributed by atoms with van der Waals surface area (Å²) < 4.78 is 0. The topological polar surface area (TPSA) is 121 Å². The number of rotatable bonds is 8.